The van der Waals surface area contributed by atoms with Crippen molar-refractivity contribution in [3.05, 3.63) is 70.9 Å². The maximum atomic E-state index is 12.2. The Morgan fingerprint density at radius 1 is 1.27 bits per heavy atom. The molecule has 0 saturated heterocycles. The number of hydrogen-bond donors (Lipinski definition) is 1. The minimum atomic E-state index is -0.355. The Morgan fingerprint density at radius 2 is 2.12 bits per heavy atom. The molecule has 0 aliphatic carbocycles. The van der Waals surface area contributed by atoms with Gasteiger partial charge in [0, 0.05) is 26.0 Å². The maximum absolute atomic E-state index is 12.2. The van der Waals surface area contributed by atoms with Crippen LogP contribution < -0.4 is 5.32 Å². The zero-order valence-electron chi connectivity index (χ0n) is 14.1. The summed E-state index contributed by atoms with van der Waals surface area (Å²) in [6.07, 6.45) is 3.56. The minimum absolute atomic E-state index is 0.0595. The lowest BCUT2D eigenvalue weighted by Gasteiger charge is -2.15. The second-order valence-electron chi connectivity index (χ2n) is 5.66. The summed E-state index contributed by atoms with van der Waals surface area (Å²) in [5.74, 6) is -0.429. The Kier molecular flexibility index (Phi) is 5.52. The molecule has 0 spiro atoms. The van der Waals surface area contributed by atoms with E-state index in [4.69, 9.17) is 4.42 Å². The molecule has 0 saturated carbocycles. The van der Waals surface area contributed by atoms with Gasteiger partial charge in [0.05, 0.1) is 12.2 Å². The van der Waals surface area contributed by atoms with Crippen LogP contribution in [-0.4, -0.2) is 40.1 Å². The first-order valence-corrected chi connectivity index (χ1v) is 8.68. The number of halogens is 1. The van der Waals surface area contributed by atoms with Crippen LogP contribution in [0.5, 0.6) is 0 Å². The molecule has 0 fully saturated rings. The number of benzene rings is 1. The van der Waals surface area contributed by atoms with Crippen molar-refractivity contribution in [1.82, 2.24) is 20.0 Å². The summed E-state index contributed by atoms with van der Waals surface area (Å²) in [5.41, 5.74) is 1.85. The summed E-state index contributed by atoms with van der Waals surface area (Å²) in [6.45, 7) is 0.304. The van der Waals surface area contributed by atoms with E-state index in [1.807, 2.05) is 36.5 Å². The fourth-order valence-electron chi connectivity index (χ4n) is 2.39. The summed E-state index contributed by atoms with van der Waals surface area (Å²) in [5, 5.41) is 7.00. The molecule has 0 bridgehead atoms. The number of amides is 2. The maximum Gasteiger partial charge on any atom is 0.289 e. The highest BCUT2D eigenvalue weighted by Gasteiger charge is 2.18. The molecule has 3 rings (SSSR count). The fourth-order valence-corrected chi connectivity index (χ4v) is 2.70. The summed E-state index contributed by atoms with van der Waals surface area (Å²) in [4.78, 5) is 25.6. The number of nitrogens with zero attached hydrogens (tertiary/aromatic N) is 3. The van der Waals surface area contributed by atoms with Crippen molar-refractivity contribution in [3.8, 4) is 5.69 Å². The molecular formula is C18H17BrN4O3. The molecule has 1 N–H and O–H groups in total. The van der Waals surface area contributed by atoms with Gasteiger partial charge in [-0.2, -0.15) is 5.10 Å². The van der Waals surface area contributed by atoms with E-state index < -0.39 is 0 Å². The van der Waals surface area contributed by atoms with Crippen molar-refractivity contribution in [2.24, 2.45) is 0 Å². The normalized spacial score (nSPS) is 10.5. The zero-order chi connectivity index (χ0) is 18.5. The van der Waals surface area contributed by atoms with Crippen LogP contribution in [0.1, 0.15) is 16.1 Å². The van der Waals surface area contributed by atoms with Crippen molar-refractivity contribution >= 4 is 27.7 Å². The van der Waals surface area contributed by atoms with Gasteiger partial charge in [-0.1, -0.05) is 12.1 Å². The number of carbonyl (C=O) groups is 2. The Hall–Kier alpha value is -2.87. The summed E-state index contributed by atoms with van der Waals surface area (Å²) in [7, 11) is 1.55. The Labute approximate surface area is 158 Å². The molecule has 2 aromatic heterocycles. The highest BCUT2D eigenvalue weighted by Crippen LogP contribution is 2.15. The molecule has 0 unspecified atom stereocenters. The summed E-state index contributed by atoms with van der Waals surface area (Å²) in [6, 6.07) is 12.7. The number of likely N-dealkylation sites (N-methyl/N-ethyl adjacent to an activating group) is 1. The quantitative estimate of drug-likeness (QED) is 0.669. The second kappa shape index (κ2) is 8.01. The molecule has 0 radical (unpaired) electrons. The molecule has 3 aromatic rings. The molecule has 0 aliphatic rings. The van der Waals surface area contributed by atoms with Gasteiger partial charge in [-0.05, 0) is 51.8 Å². The number of hydrogen-bond acceptors (Lipinski definition) is 4. The van der Waals surface area contributed by atoms with Crippen LogP contribution in [-0.2, 0) is 11.3 Å². The summed E-state index contributed by atoms with van der Waals surface area (Å²) >= 11 is 3.15. The van der Waals surface area contributed by atoms with Gasteiger partial charge < -0.3 is 14.6 Å². The van der Waals surface area contributed by atoms with Crippen LogP contribution in [0, 0.1) is 0 Å². The molecule has 0 aliphatic heterocycles. The van der Waals surface area contributed by atoms with Gasteiger partial charge in [-0.25, -0.2) is 4.68 Å². The zero-order valence-corrected chi connectivity index (χ0v) is 15.6. The van der Waals surface area contributed by atoms with Crippen LogP contribution >= 0.6 is 15.9 Å². The predicted molar refractivity (Wildman–Crippen MR) is 98.8 cm³/mol. The highest BCUT2D eigenvalue weighted by molar-refractivity contribution is 9.10. The van der Waals surface area contributed by atoms with Gasteiger partial charge in [-0.15, -0.1) is 0 Å². The third-order valence-electron chi connectivity index (χ3n) is 3.68. The van der Waals surface area contributed by atoms with Crippen molar-refractivity contribution in [2.75, 3.05) is 13.6 Å². The molecule has 134 valence electrons. The number of furan rings is 1. The van der Waals surface area contributed by atoms with Gasteiger partial charge in [0.25, 0.3) is 5.91 Å². The van der Waals surface area contributed by atoms with Gasteiger partial charge >= 0.3 is 0 Å². The second-order valence-corrected chi connectivity index (χ2v) is 6.44. The largest absolute Gasteiger partial charge is 0.444 e. The third-order valence-corrected chi connectivity index (χ3v) is 4.11. The van der Waals surface area contributed by atoms with E-state index in [0.717, 1.165) is 11.3 Å². The van der Waals surface area contributed by atoms with E-state index in [0.29, 0.717) is 11.2 Å². The number of rotatable bonds is 6. The van der Waals surface area contributed by atoms with Gasteiger partial charge in [0.1, 0.15) is 0 Å². The first-order chi connectivity index (χ1) is 12.5. The summed E-state index contributed by atoms with van der Waals surface area (Å²) < 4.78 is 7.43. The van der Waals surface area contributed by atoms with Crippen molar-refractivity contribution < 1.29 is 14.0 Å². The van der Waals surface area contributed by atoms with Crippen LogP contribution in [0.15, 0.2) is 63.9 Å². The van der Waals surface area contributed by atoms with Crippen molar-refractivity contribution in [1.29, 1.82) is 0 Å². The Morgan fingerprint density at radius 3 is 2.81 bits per heavy atom. The third kappa shape index (κ3) is 4.40. The van der Waals surface area contributed by atoms with E-state index in [1.165, 1.54) is 4.90 Å². The average molecular weight is 417 g/mol. The van der Waals surface area contributed by atoms with E-state index in [1.54, 1.807) is 30.1 Å². The van der Waals surface area contributed by atoms with Gasteiger partial charge in [0.15, 0.2) is 10.4 Å². The molecule has 2 amide bonds. The molecule has 2 heterocycles. The van der Waals surface area contributed by atoms with Crippen LogP contribution in [0.3, 0.4) is 0 Å². The van der Waals surface area contributed by atoms with Crippen molar-refractivity contribution in [2.45, 2.75) is 6.54 Å². The lowest BCUT2D eigenvalue weighted by Crippen LogP contribution is -2.38. The first kappa shape index (κ1) is 17.9. The number of nitrogens with one attached hydrogen (secondary N) is 1. The molecule has 0 atom stereocenters. The molecule has 7 nitrogen and oxygen atoms in total. The van der Waals surface area contributed by atoms with Gasteiger partial charge in [-0.3, -0.25) is 9.59 Å². The van der Waals surface area contributed by atoms with Crippen LogP contribution in [0.25, 0.3) is 5.69 Å². The molecule has 8 heteroatoms. The number of carbonyl (C=O) groups excluding carboxylic acids is 2. The van der Waals surface area contributed by atoms with Crippen LogP contribution in [0.2, 0.25) is 0 Å². The predicted octanol–water partition coefficient (Wildman–Crippen LogP) is 2.62. The molecular weight excluding hydrogens is 400 g/mol. The highest BCUT2D eigenvalue weighted by atomic mass is 79.9. The smallest absolute Gasteiger partial charge is 0.289 e. The number of aromatic nitrogens is 2. The SMILES string of the molecule is CN(CC(=O)NCc1cccc(-n2cccn2)c1)C(=O)c1ccc(Br)o1. The van der Waals surface area contributed by atoms with Crippen LogP contribution in [0.4, 0.5) is 0 Å². The standard InChI is InChI=1S/C18H17BrN4O3/c1-22(18(25)15-6-7-16(19)26-15)12-17(24)20-11-13-4-2-5-14(10-13)23-9-3-8-21-23/h2-10H,11-12H2,1H3,(H,20,24). The van der Waals surface area contributed by atoms with E-state index in [2.05, 4.69) is 26.3 Å². The minimum Gasteiger partial charge on any atom is -0.444 e. The average Bonchev–Trinajstić information content (AvgIpc) is 3.31. The lowest BCUT2D eigenvalue weighted by atomic mass is 10.2. The fraction of sp³-hybridized carbons (Fsp3) is 0.167. The monoisotopic (exact) mass is 416 g/mol. The Bertz CT molecular complexity index is 905. The van der Waals surface area contributed by atoms with Crippen molar-refractivity contribution in [3.63, 3.8) is 0 Å². The molecule has 1 aromatic carbocycles. The molecule has 26 heavy (non-hydrogen) atoms. The lowest BCUT2D eigenvalue weighted by molar-refractivity contribution is -0.121. The topological polar surface area (TPSA) is 80.4 Å². The Balaban J connectivity index is 1.54. The van der Waals surface area contributed by atoms with E-state index in [9.17, 15) is 9.59 Å². The van der Waals surface area contributed by atoms with E-state index >= 15 is 0 Å². The van der Waals surface area contributed by atoms with E-state index in [-0.39, 0.29) is 24.1 Å². The van der Waals surface area contributed by atoms with Gasteiger partial charge in [0.2, 0.25) is 5.91 Å². The first-order valence-electron chi connectivity index (χ1n) is 7.89.